The number of rotatable bonds is 9. The number of hydrogen-bond donors (Lipinski definition) is 2. The highest BCUT2D eigenvalue weighted by Crippen LogP contribution is 2.15. The number of nitrogens with zero attached hydrogens (tertiary/aromatic N) is 2. The van der Waals surface area contributed by atoms with Crippen molar-refractivity contribution in [2.45, 2.75) is 20.3 Å². The van der Waals surface area contributed by atoms with Crippen LogP contribution >= 0.6 is 24.0 Å². The molecule has 0 aliphatic carbocycles. The van der Waals surface area contributed by atoms with Gasteiger partial charge in [0.25, 0.3) is 0 Å². The molecular weight excluding hydrogens is 443 g/mol. The van der Waals surface area contributed by atoms with Gasteiger partial charge in [0, 0.05) is 32.7 Å². The number of aryl methyl sites for hydroxylation is 1. The third-order valence-corrected chi connectivity index (χ3v) is 4.10. The molecule has 0 bridgehead atoms. The fourth-order valence-corrected chi connectivity index (χ4v) is 2.70. The van der Waals surface area contributed by atoms with Crippen molar-refractivity contribution in [2.75, 3.05) is 59.1 Å². The molecule has 0 saturated carbocycles. The molecule has 2 rings (SSSR count). The zero-order valence-electron chi connectivity index (χ0n) is 16.0. The van der Waals surface area contributed by atoms with Crippen LogP contribution in [0.2, 0.25) is 0 Å². The summed E-state index contributed by atoms with van der Waals surface area (Å²) in [4.78, 5) is 7.08. The standard InChI is InChI=1S/C19H32N4O2.HI/c1-3-20-19(21-9-6-11-23-12-15-24-16-13-23)22-10-14-25-18-8-5-4-7-17(18)2;/h4-5,7-8H,3,6,9-16H2,1-2H3,(H2,20,21,22);1H. The van der Waals surface area contributed by atoms with Crippen molar-refractivity contribution in [3.63, 3.8) is 0 Å². The zero-order valence-corrected chi connectivity index (χ0v) is 18.3. The SMILES string of the molecule is CCNC(=NCCCN1CCOCC1)NCCOc1ccccc1C.I. The molecule has 0 spiro atoms. The van der Waals surface area contributed by atoms with Crippen molar-refractivity contribution < 1.29 is 9.47 Å². The van der Waals surface area contributed by atoms with Crippen molar-refractivity contribution >= 4 is 29.9 Å². The Labute approximate surface area is 174 Å². The summed E-state index contributed by atoms with van der Waals surface area (Å²) in [6.07, 6.45) is 1.07. The van der Waals surface area contributed by atoms with Crippen LogP contribution in [-0.2, 0) is 4.74 Å². The molecule has 26 heavy (non-hydrogen) atoms. The first-order valence-electron chi connectivity index (χ1n) is 9.30. The van der Waals surface area contributed by atoms with Gasteiger partial charge in [-0.1, -0.05) is 18.2 Å². The Morgan fingerprint density at radius 2 is 2.00 bits per heavy atom. The molecule has 7 heteroatoms. The number of ether oxygens (including phenoxy) is 2. The van der Waals surface area contributed by atoms with Crippen molar-refractivity contribution in [3.8, 4) is 5.75 Å². The van der Waals surface area contributed by atoms with E-state index in [1.807, 2.05) is 18.2 Å². The summed E-state index contributed by atoms with van der Waals surface area (Å²) in [5.74, 6) is 1.80. The number of para-hydroxylation sites is 1. The summed E-state index contributed by atoms with van der Waals surface area (Å²) in [5, 5.41) is 6.61. The molecule has 0 amide bonds. The number of hydrogen-bond acceptors (Lipinski definition) is 4. The molecule has 1 aromatic carbocycles. The molecule has 0 aromatic heterocycles. The minimum Gasteiger partial charge on any atom is -0.491 e. The van der Waals surface area contributed by atoms with Crippen LogP contribution in [0.25, 0.3) is 0 Å². The van der Waals surface area contributed by atoms with E-state index in [0.717, 1.165) is 76.2 Å². The second-order valence-electron chi connectivity index (χ2n) is 6.11. The minimum absolute atomic E-state index is 0. The summed E-state index contributed by atoms with van der Waals surface area (Å²) in [6.45, 7) is 12.0. The van der Waals surface area contributed by atoms with E-state index in [0.29, 0.717) is 6.61 Å². The molecule has 1 aliphatic heterocycles. The Balaban J connectivity index is 0.00000338. The third kappa shape index (κ3) is 9.05. The number of benzene rings is 1. The Hall–Kier alpha value is -1.06. The maximum atomic E-state index is 5.81. The summed E-state index contributed by atoms with van der Waals surface area (Å²) in [7, 11) is 0. The van der Waals surface area contributed by atoms with E-state index in [4.69, 9.17) is 9.47 Å². The van der Waals surface area contributed by atoms with E-state index in [1.54, 1.807) is 0 Å². The van der Waals surface area contributed by atoms with E-state index in [1.165, 1.54) is 0 Å². The first-order chi connectivity index (χ1) is 12.3. The Morgan fingerprint density at radius 1 is 1.23 bits per heavy atom. The fraction of sp³-hybridized carbons (Fsp3) is 0.632. The molecule has 1 fully saturated rings. The molecule has 1 aromatic rings. The van der Waals surface area contributed by atoms with Gasteiger partial charge >= 0.3 is 0 Å². The second-order valence-corrected chi connectivity index (χ2v) is 6.11. The van der Waals surface area contributed by atoms with Gasteiger partial charge in [0.15, 0.2) is 5.96 Å². The van der Waals surface area contributed by atoms with Crippen LogP contribution in [0.1, 0.15) is 18.9 Å². The second kappa shape index (κ2) is 14.1. The van der Waals surface area contributed by atoms with Gasteiger partial charge in [0.05, 0.1) is 19.8 Å². The normalized spacial score (nSPS) is 15.2. The lowest BCUT2D eigenvalue weighted by molar-refractivity contribution is 0.0377. The predicted molar refractivity (Wildman–Crippen MR) is 118 cm³/mol. The lowest BCUT2D eigenvalue weighted by Gasteiger charge is -2.26. The van der Waals surface area contributed by atoms with E-state index < -0.39 is 0 Å². The van der Waals surface area contributed by atoms with Crippen molar-refractivity contribution in [2.24, 2.45) is 4.99 Å². The van der Waals surface area contributed by atoms with Crippen LogP contribution in [0.3, 0.4) is 0 Å². The van der Waals surface area contributed by atoms with Gasteiger partial charge in [0.2, 0.25) is 0 Å². The molecule has 1 saturated heterocycles. The monoisotopic (exact) mass is 476 g/mol. The molecule has 0 radical (unpaired) electrons. The topological polar surface area (TPSA) is 58.1 Å². The highest BCUT2D eigenvalue weighted by Gasteiger charge is 2.09. The highest BCUT2D eigenvalue weighted by molar-refractivity contribution is 14.0. The molecule has 148 valence electrons. The van der Waals surface area contributed by atoms with E-state index in [9.17, 15) is 0 Å². The summed E-state index contributed by atoms with van der Waals surface area (Å²) < 4.78 is 11.2. The van der Waals surface area contributed by atoms with Crippen LogP contribution < -0.4 is 15.4 Å². The Kier molecular flexibility index (Phi) is 12.4. The Morgan fingerprint density at radius 3 is 2.73 bits per heavy atom. The van der Waals surface area contributed by atoms with Crippen LogP contribution in [0.4, 0.5) is 0 Å². The van der Waals surface area contributed by atoms with Crippen molar-refractivity contribution in [1.29, 1.82) is 0 Å². The van der Waals surface area contributed by atoms with E-state index in [2.05, 4.69) is 40.4 Å². The minimum atomic E-state index is 0. The number of aliphatic imine (C=N–C) groups is 1. The maximum Gasteiger partial charge on any atom is 0.191 e. The van der Waals surface area contributed by atoms with E-state index >= 15 is 0 Å². The number of guanidine groups is 1. The molecule has 1 heterocycles. The van der Waals surface area contributed by atoms with Crippen LogP contribution in [0, 0.1) is 6.92 Å². The van der Waals surface area contributed by atoms with Gasteiger partial charge in [-0.05, 0) is 31.9 Å². The van der Waals surface area contributed by atoms with Gasteiger partial charge in [0.1, 0.15) is 12.4 Å². The zero-order chi connectivity index (χ0) is 17.7. The van der Waals surface area contributed by atoms with Crippen LogP contribution in [-0.4, -0.2) is 69.9 Å². The van der Waals surface area contributed by atoms with E-state index in [-0.39, 0.29) is 24.0 Å². The smallest absolute Gasteiger partial charge is 0.191 e. The van der Waals surface area contributed by atoms with Crippen LogP contribution in [0.5, 0.6) is 5.75 Å². The number of halogens is 1. The number of morpholine rings is 1. The molecule has 1 aliphatic rings. The summed E-state index contributed by atoms with van der Waals surface area (Å²) >= 11 is 0. The fourth-order valence-electron chi connectivity index (χ4n) is 2.70. The highest BCUT2D eigenvalue weighted by atomic mass is 127. The molecule has 6 nitrogen and oxygen atoms in total. The maximum absolute atomic E-state index is 5.81. The molecular formula is C19H33IN4O2. The first-order valence-corrected chi connectivity index (χ1v) is 9.30. The summed E-state index contributed by atoms with van der Waals surface area (Å²) in [6, 6.07) is 8.08. The predicted octanol–water partition coefficient (Wildman–Crippen LogP) is 2.27. The largest absolute Gasteiger partial charge is 0.491 e. The van der Waals surface area contributed by atoms with Gasteiger partial charge in [-0.15, -0.1) is 24.0 Å². The lowest BCUT2D eigenvalue weighted by atomic mass is 10.2. The van der Waals surface area contributed by atoms with Gasteiger partial charge in [-0.3, -0.25) is 9.89 Å². The molecule has 2 N–H and O–H groups in total. The van der Waals surface area contributed by atoms with Gasteiger partial charge in [-0.25, -0.2) is 0 Å². The lowest BCUT2D eigenvalue weighted by Crippen LogP contribution is -2.40. The quantitative estimate of drug-likeness (QED) is 0.248. The van der Waals surface area contributed by atoms with Gasteiger partial charge in [-0.2, -0.15) is 0 Å². The number of nitrogens with one attached hydrogen (secondary N) is 2. The molecule has 0 atom stereocenters. The van der Waals surface area contributed by atoms with Gasteiger partial charge < -0.3 is 20.1 Å². The summed E-state index contributed by atoms with van der Waals surface area (Å²) in [5.41, 5.74) is 1.16. The van der Waals surface area contributed by atoms with Crippen molar-refractivity contribution in [1.82, 2.24) is 15.5 Å². The van der Waals surface area contributed by atoms with Crippen LogP contribution in [0.15, 0.2) is 29.3 Å². The average molecular weight is 476 g/mol. The molecule has 0 unspecified atom stereocenters. The first kappa shape index (κ1) is 23.0. The Bertz CT molecular complexity index is 522. The third-order valence-electron chi connectivity index (χ3n) is 4.10. The van der Waals surface area contributed by atoms with Crippen molar-refractivity contribution in [3.05, 3.63) is 29.8 Å². The average Bonchev–Trinajstić information content (AvgIpc) is 2.64.